The highest BCUT2D eigenvalue weighted by Crippen LogP contribution is 2.26. The van der Waals surface area contributed by atoms with Crippen LogP contribution in [0.25, 0.3) is 11.0 Å². The maximum Gasteiger partial charge on any atom is 0.146 e. The van der Waals surface area contributed by atoms with E-state index in [1.807, 2.05) is 49.4 Å². The summed E-state index contributed by atoms with van der Waals surface area (Å²) in [7, 11) is 0. The number of halogens is 1. The van der Waals surface area contributed by atoms with Gasteiger partial charge >= 0.3 is 0 Å². The molecular formula is C16H13ClO2. The number of ether oxygens (including phenoxy) is 1. The monoisotopic (exact) mass is 272 g/mol. The van der Waals surface area contributed by atoms with E-state index >= 15 is 0 Å². The molecule has 3 rings (SSSR count). The molecule has 0 atom stereocenters. The number of para-hydroxylation sites is 2. The van der Waals surface area contributed by atoms with Crippen molar-refractivity contribution in [2.45, 2.75) is 13.5 Å². The largest absolute Gasteiger partial charge is 0.484 e. The van der Waals surface area contributed by atoms with Crippen molar-refractivity contribution in [1.82, 2.24) is 0 Å². The van der Waals surface area contributed by atoms with Crippen molar-refractivity contribution < 1.29 is 9.15 Å². The van der Waals surface area contributed by atoms with E-state index in [4.69, 9.17) is 20.8 Å². The summed E-state index contributed by atoms with van der Waals surface area (Å²) in [5.41, 5.74) is 2.04. The lowest BCUT2D eigenvalue weighted by molar-refractivity contribution is 0.274. The van der Waals surface area contributed by atoms with Crippen LogP contribution in [0.5, 0.6) is 5.75 Å². The molecule has 0 amide bonds. The van der Waals surface area contributed by atoms with Crippen LogP contribution < -0.4 is 4.74 Å². The number of benzene rings is 2. The fourth-order valence-corrected chi connectivity index (χ4v) is 2.23. The fraction of sp³-hybridized carbons (Fsp3) is 0.125. The van der Waals surface area contributed by atoms with Crippen LogP contribution in [-0.2, 0) is 6.61 Å². The second-order valence-corrected chi connectivity index (χ2v) is 4.83. The maximum absolute atomic E-state index is 6.04. The SMILES string of the molecule is Cc1cccc2cc(COc3ccccc3Cl)oc12. The fourth-order valence-electron chi connectivity index (χ4n) is 2.04. The summed E-state index contributed by atoms with van der Waals surface area (Å²) in [6, 6.07) is 15.5. The molecule has 0 spiro atoms. The van der Waals surface area contributed by atoms with Gasteiger partial charge < -0.3 is 9.15 Å². The first-order chi connectivity index (χ1) is 9.24. The summed E-state index contributed by atoms with van der Waals surface area (Å²) in [5.74, 6) is 1.46. The number of hydrogen-bond acceptors (Lipinski definition) is 2. The Labute approximate surface area is 116 Å². The standard InChI is InChI=1S/C16H13ClO2/c1-11-5-4-6-12-9-13(19-16(11)12)10-18-15-8-3-2-7-14(15)17/h2-9H,10H2,1H3. The molecule has 0 radical (unpaired) electrons. The summed E-state index contributed by atoms with van der Waals surface area (Å²) >= 11 is 6.04. The van der Waals surface area contributed by atoms with Gasteiger partial charge in [0.1, 0.15) is 23.7 Å². The minimum Gasteiger partial charge on any atom is -0.484 e. The zero-order chi connectivity index (χ0) is 13.2. The highest BCUT2D eigenvalue weighted by Gasteiger charge is 2.07. The first kappa shape index (κ1) is 12.1. The number of hydrogen-bond donors (Lipinski definition) is 0. The molecule has 0 aliphatic carbocycles. The number of aryl methyl sites for hydroxylation is 1. The first-order valence-electron chi connectivity index (χ1n) is 6.09. The first-order valence-corrected chi connectivity index (χ1v) is 6.47. The van der Waals surface area contributed by atoms with Gasteiger partial charge in [-0.05, 0) is 30.7 Å². The lowest BCUT2D eigenvalue weighted by atomic mass is 10.2. The molecule has 19 heavy (non-hydrogen) atoms. The maximum atomic E-state index is 6.04. The van der Waals surface area contributed by atoms with Gasteiger partial charge in [-0.25, -0.2) is 0 Å². The molecular weight excluding hydrogens is 260 g/mol. The molecule has 2 aromatic carbocycles. The van der Waals surface area contributed by atoms with E-state index < -0.39 is 0 Å². The van der Waals surface area contributed by atoms with Crippen LogP contribution in [0.3, 0.4) is 0 Å². The third-order valence-corrected chi connectivity index (χ3v) is 3.31. The Morgan fingerprint density at radius 3 is 2.74 bits per heavy atom. The quantitative estimate of drug-likeness (QED) is 0.671. The Hall–Kier alpha value is -1.93. The van der Waals surface area contributed by atoms with Gasteiger partial charge in [-0.3, -0.25) is 0 Å². The van der Waals surface area contributed by atoms with E-state index in [1.165, 1.54) is 0 Å². The Kier molecular flexibility index (Phi) is 3.18. The molecule has 0 aliphatic rings. The highest BCUT2D eigenvalue weighted by atomic mass is 35.5. The van der Waals surface area contributed by atoms with Gasteiger partial charge in [-0.2, -0.15) is 0 Å². The zero-order valence-corrected chi connectivity index (χ0v) is 11.3. The van der Waals surface area contributed by atoms with Crippen molar-refractivity contribution in [3.8, 4) is 5.75 Å². The average molecular weight is 273 g/mol. The minimum atomic E-state index is 0.373. The molecule has 3 aromatic rings. The predicted octanol–water partition coefficient (Wildman–Crippen LogP) is 4.97. The van der Waals surface area contributed by atoms with Crippen LogP contribution in [0.2, 0.25) is 5.02 Å². The Bertz CT molecular complexity index is 716. The lowest BCUT2D eigenvalue weighted by Gasteiger charge is -2.05. The third kappa shape index (κ3) is 2.45. The molecule has 1 heterocycles. The molecule has 0 fully saturated rings. The van der Waals surface area contributed by atoms with Crippen LogP contribution in [-0.4, -0.2) is 0 Å². The summed E-state index contributed by atoms with van der Waals surface area (Å²) < 4.78 is 11.5. The third-order valence-electron chi connectivity index (χ3n) is 3.00. The number of fused-ring (bicyclic) bond motifs is 1. The number of rotatable bonds is 3. The summed E-state index contributed by atoms with van der Waals surface area (Å²) in [6.07, 6.45) is 0. The molecule has 0 aliphatic heterocycles. The lowest BCUT2D eigenvalue weighted by Crippen LogP contribution is -1.93. The highest BCUT2D eigenvalue weighted by molar-refractivity contribution is 6.32. The Balaban J connectivity index is 1.83. The minimum absolute atomic E-state index is 0.373. The van der Waals surface area contributed by atoms with Crippen LogP contribution in [0.4, 0.5) is 0 Å². The summed E-state index contributed by atoms with van der Waals surface area (Å²) in [6.45, 7) is 2.41. The van der Waals surface area contributed by atoms with Crippen molar-refractivity contribution in [3.05, 3.63) is 64.9 Å². The van der Waals surface area contributed by atoms with Crippen LogP contribution >= 0.6 is 11.6 Å². The van der Waals surface area contributed by atoms with E-state index in [0.717, 1.165) is 22.3 Å². The predicted molar refractivity (Wildman–Crippen MR) is 76.7 cm³/mol. The molecule has 0 N–H and O–H groups in total. The smallest absolute Gasteiger partial charge is 0.146 e. The van der Waals surface area contributed by atoms with E-state index in [-0.39, 0.29) is 0 Å². The summed E-state index contributed by atoms with van der Waals surface area (Å²) in [4.78, 5) is 0. The van der Waals surface area contributed by atoms with Crippen LogP contribution in [0.1, 0.15) is 11.3 Å². The van der Waals surface area contributed by atoms with Gasteiger partial charge in [0.05, 0.1) is 5.02 Å². The van der Waals surface area contributed by atoms with Crippen LogP contribution in [0, 0.1) is 6.92 Å². The second-order valence-electron chi connectivity index (χ2n) is 4.43. The Morgan fingerprint density at radius 1 is 1.11 bits per heavy atom. The van der Waals surface area contributed by atoms with Crippen molar-refractivity contribution in [2.75, 3.05) is 0 Å². The van der Waals surface area contributed by atoms with E-state index in [1.54, 1.807) is 6.07 Å². The molecule has 2 nitrogen and oxygen atoms in total. The van der Waals surface area contributed by atoms with E-state index in [9.17, 15) is 0 Å². The van der Waals surface area contributed by atoms with Gasteiger partial charge in [0.15, 0.2) is 0 Å². The van der Waals surface area contributed by atoms with Crippen LogP contribution in [0.15, 0.2) is 52.9 Å². The molecule has 0 saturated heterocycles. The van der Waals surface area contributed by atoms with Gasteiger partial charge in [-0.15, -0.1) is 0 Å². The Morgan fingerprint density at radius 2 is 1.95 bits per heavy atom. The van der Waals surface area contributed by atoms with Crippen molar-refractivity contribution >= 4 is 22.6 Å². The molecule has 3 heteroatoms. The molecule has 0 bridgehead atoms. The van der Waals surface area contributed by atoms with Gasteiger partial charge in [0.25, 0.3) is 0 Å². The van der Waals surface area contributed by atoms with Crippen molar-refractivity contribution in [1.29, 1.82) is 0 Å². The summed E-state index contributed by atoms with van der Waals surface area (Å²) in [5, 5.41) is 1.70. The van der Waals surface area contributed by atoms with Gasteiger partial charge in [0, 0.05) is 5.39 Å². The zero-order valence-electron chi connectivity index (χ0n) is 10.5. The van der Waals surface area contributed by atoms with E-state index in [0.29, 0.717) is 17.4 Å². The molecule has 0 saturated carbocycles. The molecule has 0 unspecified atom stereocenters. The second kappa shape index (κ2) is 4.98. The van der Waals surface area contributed by atoms with Crippen molar-refractivity contribution in [2.24, 2.45) is 0 Å². The normalized spacial score (nSPS) is 10.8. The topological polar surface area (TPSA) is 22.4 Å². The van der Waals surface area contributed by atoms with Crippen molar-refractivity contribution in [3.63, 3.8) is 0 Å². The molecule has 1 aromatic heterocycles. The van der Waals surface area contributed by atoms with E-state index in [2.05, 4.69) is 0 Å². The number of furan rings is 1. The molecule has 96 valence electrons. The average Bonchev–Trinajstić information content (AvgIpc) is 2.82. The van der Waals surface area contributed by atoms with Gasteiger partial charge in [0.2, 0.25) is 0 Å². The van der Waals surface area contributed by atoms with Gasteiger partial charge in [-0.1, -0.05) is 41.9 Å².